The predicted molar refractivity (Wildman–Crippen MR) is 116 cm³/mol. The van der Waals surface area contributed by atoms with E-state index in [1.807, 2.05) is 13.8 Å². The van der Waals surface area contributed by atoms with E-state index in [-0.39, 0.29) is 17.4 Å². The van der Waals surface area contributed by atoms with Crippen molar-refractivity contribution in [3.63, 3.8) is 0 Å². The van der Waals surface area contributed by atoms with Crippen LogP contribution in [0.1, 0.15) is 49.9 Å². The van der Waals surface area contributed by atoms with Gasteiger partial charge in [-0.25, -0.2) is 0 Å². The van der Waals surface area contributed by atoms with Crippen molar-refractivity contribution in [2.45, 2.75) is 45.6 Å². The molecule has 8 nitrogen and oxygen atoms in total. The maximum atomic E-state index is 12.8. The van der Waals surface area contributed by atoms with E-state index in [2.05, 4.69) is 10.6 Å². The third-order valence-corrected chi connectivity index (χ3v) is 4.86. The third kappa shape index (κ3) is 6.69. The van der Waals surface area contributed by atoms with Crippen LogP contribution in [0.5, 0.6) is 5.75 Å². The zero-order valence-corrected chi connectivity index (χ0v) is 18.3. The molecule has 1 heterocycles. The summed E-state index contributed by atoms with van der Waals surface area (Å²) in [5.74, 6) is -0.756. The number of carbonyl (C=O) groups excluding carboxylic acids is 3. The molecule has 9 heteroatoms. The van der Waals surface area contributed by atoms with E-state index in [0.717, 1.165) is 19.3 Å². The molecule has 0 aliphatic carbocycles. The molecule has 0 bridgehead atoms. The van der Waals surface area contributed by atoms with Gasteiger partial charge in [0.1, 0.15) is 11.8 Å². The van der Waals surface area contributed by atoms with Gasteiger partial charge in [-0.2, -0.15) is 0 Å². The highest BCUT2D eigenvalue weighted by atomic mass is 32.1. The summed E-state index contributed by atoms with van der Waals surface area (Å²) >= 11 is 5.39. The minimum absolute atomic E-state index is 0.0894. The molecule has 2 N–H and O–H groups in total. The lowest BCUT2D eigenvalue weighted by atomic mass is 10.1. The van der Waals surface area contributed by atoms with E-state index in [9.17, 15) is 14.4 Å². The lowest BCUT2D eigenvalue weighted by Crippen LogP contribution is -2.60. The van der Waals surface area contributed by atoms with Crippen molar-refractivity contribution >= 4 is 35.1 Å². The number of piperazine rings is 1. The van der Waals surface area contributed by atoms with Crippen LogP contribution < -0.4 is 15.4 Å². The van der Waals surface area contributed by atoms with Crippen molar-refractivity contribution in [1.82, 2.24) is 15.5 Å². The van der Waals surface area contributed by atoms with Gasteiger partial charge in [0.25, 0.3) is 5.91 Å². The van der Waals surface area contributed by atoms with E-state index >= 15 is 0 Å². The summed E-state index contributed by atoms with van der Waals surface area (Å²) in [7, 11) is 0. The van der Waals surface area contributed by atoms with Crippen LogP contribution in [0.15, 0.2) is 24.3 Å². The summed E-state index contributed by atoms with van der Waals surface area (Å²) in [5.41, 5.74) is 0.352. The fraction of sp³-hybridized carbons (Fsp3) is 0.524. The van der Waals surface area contributed by atoms with Crippen LogP contribution in [0.25, 0.3) is 0 Å². The molecule has 1 aromatic rings. The molecule has 1 aromatic carbocycles. The normalized spacial score (nSPS) is 15.9. The van der Waals surface area contributed by atoms with Crippen LogP contribution in [0, 0.1) is 0 Å². The fourth-order valence-corrected chi connectivity index (χ4v) is 3.25. The van der Waals surface area contributed by atoms with Gasteiger partial charge < -0.3 is 19.7 Å². The number of hydrogen-bond donors (Lipinski definition) is 2. The average molecular weight is 436 g/mol. The van der Waals surface area contributed by atoms with Crippen molar-refractivity contribution in [1.29, 1.82) is 0 Å². The van der Waals surface area contributed by atoms with Crippen molar-refractivity contribution in [2.75, 3.05) is 26.3 Å². The first-order chi connectivity index (χ1) is 14.5. The lowest BCUT2D eigenvalue weighted by molar-refractivity contribution is -0.147. The topological polar surface area (TPSA) is 97.0 Å². The Morgan fingerprint density at radius 1 is 1.23 bits per heavy atom. The number of unbranched alkanes of at least 4 members (excludes halogenated alkanes) is 1. The average Bonchev–Trinajstić information content (AvgIpc) is 2.74. The van der Waals surface area contributed by atoms with Gasteiger partial charge >= 0.3 is 5.97 Å². The SMILES string of the molecule is CCCCOC(=O)CC1C(=O)NCCN1C(=S)NC(=O)c1ccccc1OCCC. The van der Waals surface area contributed by atoms with Crippen LogP contribution >= 0.6 is 12.2 Å². The molecule has 1 unspecified atom stereocenters. The second-order valence-corrected chi connectivity index (χ2v) is 7.27. The maximum Gasteiger partial charge on any atom is 0.308 e. The molecule has 30 heavy (non-hydrogen) atoms. The number of para-hydroxylation sites is 1. The van der Waals surface area contributed by atoms with Crippen LogP contribution in [0.4, 0.5) is 0 Å². The maximum absolute atomic E-state index is 12.8. The number of esters is 1. The van der Waals surface area contributed by atoms with Crippen LogP contribution in [0.2, 0.25) is 0 Å². The largest absolute Gasteiger partial charge is 0.493 e. The number of thiocarbonyl (C=S) groups is 1. The summed E-state index contributed by atoms with van der Waals surface area (Å²) in [6, 6.07) is 6.06. The molecule has 1 aliphatic heterocycles. The quantitative estimate of drug-likeness (QED) is 0.348. The summed E-state index contributed by atoms with van der Waals surface area (Å²) < 4.78 is 10.8. The standard InChI is InChI=1S/C21H29N3O5S/c1-3-5-13-29-18(25)14-16-20(27)22-10-11-24(16)21(30)23-19(26)15-8-6-7-9-17(15)28-12-4-2/h6-9,16H,3-5,10-14H2,1-2H3,(H,22,27)(H,23,26,30). The molecule has 0 spiro atoms. The van der Waals surface area contributed by atoms with Gasteiger partial charge in [-0.1, -0.05) is 32.4 Å². The Kier molecular flexibility index (Phi) is 9.53. The van der Waals surface area contributed by atoms with E-state index in [4.69, 9.17) is 21.7 Å². The monoisotopic (exact) mass is 435 g/mol. The number of benzene rings is 1. The highest BCUT2D eigenvalue weighted by Crippen LogP contribution is 2.18. The number of nitrogens with one attached hydrogen (secondary N) is 2. The summed E-state index contributed by atoms with van der Waals surface area (Å²) in [6.07, 6.45) is 2.35. The minimum atomic E-state index is -0.827. The summed E-state index contributed by atoms with van der Waals surface area (Å²) in [4.78, 5) is 38.8. The number of ether oxygens (including phenoxy) is 2. The molecule has 1 aliphatic rings. The highest BCUT2D eigenvalue weighted by molar-refractivity contribution is 7.80. The Morgan fingerprint density at radius 3 is 2.73 bits per heavy atom. The van der Waals surface area contributed by atoms with Gasteiger partial charge in [0, 0.05) is 13.1 Å². The second kappa shape index (κ2) is 12.1. The first-order valence-corrected chi connectivity index (χ1v) is 10.7. The van der Waals surface area contributed by atoms with Crippen molar-refractivity contribution in [2.24, 2.45) is 0 Å². The molecule has 1 fully saturated rings. The van der Waals surface area contributed by atoms with Crippen molar-refractivity contribution in [3.05, 3.63) is 29.8 Å². The van der Waals surface area contributed by atoms with Gasteiger partial charge in [0.05, 0.1) is 25.2 Å². The van der Waals surface area contributed by atoms with Gasteiger partial charge in [-0.3, -0.25) is 19.7 Å². The Labute approximate surface area is 182 Å². The van der Waals surface area contributed by atoms with Crippen LogP contribution in [-0.4, -0.2) is 60.1 Å². The highest BCUT2D eigenvalue weighted by Gasteiger charge is 2.34. The van der Waals surface area contributed by atoms with E-state index in [1.54, 1.807) is 29.2 Å². The number of carbonyl (C=O) groups is 3. The Morgan fingerprint density at radius 2 is 2.00 bits per heavy atom. The molecule has 0 radical (unpaired) electrons. The van der Waals surface area contributed by atoms with Crippen molar-refractivity contribution in [3.8, 4) is 5.75 Å². The predicted octanol–water partition coefficient (Wildman–Crippen LogP) is 2.02. The molecular formula is C21H29N3O5S. The van der Waals surface area contributed by atoms with Gasteiger partial charge in [0.15, 0.2) is 5.11 Å². The molecule has 1 saturated heterocycles. The number of nitrogens with zero attached hydrogens (tertiary/aromatic N) is 1. The minimum Gasteiger partial charge on any atom is -0.493 e. The van der Waals surface area contributed by atoms with Crippen molar-refractivity contribution < 1.29 is 23.9 Å². The Bertz CT molecular complexity index is 771. The number of amides is 2. The molecule has 0 aromatic heterocycles. The van der Waals surface area contributed by atoms with E-state index < -0.39 is 17.9 Å². The fourth-order valence-electron chi connectivity index (χ4n) is 2.94. The van der Waals surface area contributed by atoms with Crippen LogP contribution in [-0.2, 0) is 14.3 Å². The Balaban J connectivity index is 2.05. The van der Waals surface area contributed by atoms with Gasteiger partial charge in [-0.15, -0.1) is 0 Å². The second-order valence-electron chi connectivity index (χ2n) is 6.88. The zero-order valence-electron chi connectivity index (χ0n) is 17.4. The van der Waals surface area contributed by atoms with E-state index in [0.29, 0.717) is 37.6 Å². The molecular weight excluding hydrogens is 406 g/mol. The molecule has 164 valence electrons. The molecule has 0 saturated carbocycles. The number of hydrogen-bond acceptors (Lipinski definition) is 6. The molecule has 1 atom stereocenters. The van der Waals surface area contributed by atoms with Gasteiger partial charge in [-0.05, 0) is 37.2 Å². The summed E-state index contributed by atoms with van der Waals surface area (Å²) in [5, 5.41) is 5.48. The third-order valence-electron chi connectivity index (χ3n) is 4.53. The molecule has 2 rings (SSSR count). The van der Waals surface area contributed by atoms with Crippen LogP contribution in [0.3, 0.4) is 0 Å². The number of rotatable bonds is 9. The molecule has 2 amide bonds. The first kappa shape index (κ1) is 23.6. The van der Waals surface area contributed by atoms with E-state index in [1.165, 1.54) is 0 Å². The zero-order chi connectivity index (χ0) is 21.9. The first-order valence-electron chi connectivity index (χ1n) is 10.2. The Hall–Kier alpha value is -2.68. The smallest absolute Gasteiger partial charge is 0.308 e. The van der Waals surface area contributed by atoms with Gasteiger partial charge in [0.2, 0.25) is 5.91 Å². The lowest BCUT2D eigenvalue weighted by Gasteiger charge is -2.36. The summed E-state index contributed by atoms with van der Waals surface area (Å²) in [6.45, 7) is 5.53.